The highest BCUT2D eigenvalue weighted by atomic mass is 127. The zero-order valence-corrected chi connectivity index (χ0v) is 35.9. The van der Waals surface area contributed by atoms with Crippen LogP contribution in [-0.4, -0.2) is 9.55 Å². The Kier molecular flexibility index (Phi) is 9.53. The molecule has 12 aromatic rings. The van der Waals surface area contributed by atoms with E-state index in [1.54, 1.807) is 0 Å². The van der Waals surface area contributed by atoms with Crippen molar-refractivity contribution >= 4 is 141 Å². The smallest absolute Gasteiger partial charge is 0.0619 e. The summed E-state index contributed by atoms with van der Waals surface area (Å²) in [5, 5.41) is 15.3. The Balaban J connectivity index is 0.000000116. The Morgan fingerprint density at radius 2 is 0.930 bits per heavy atom. The van der Waals surface area contributed by atoms with Crippen molar-refractivity contribution in [1.82, 2.24) is 9.55 Å². The number of aromatic nitrogens is 2. The molecule has 12 rings (SSSR count). The van der Waals surface area contributed by atoms with E-state index in [1.807, 2.05) is 0 Å². The van der Waals surface area contributed by atoms with E-state index in [0.29, 0.717) is 0 Å². The molecule has 0 aliphatic carbocycles. The van der Waals surface area contributed by atoms with Gasteiger partial charge in [0.1, 0.15) is 0 Å². The minimum atomic E-state index is 1.10. The zero-order valence-electron chi connectivity index (χ0n) is 30.6. The molecule has 0 unspecified atom stereocenters. The average molecular weight is 973 g/mol. The summed E-state index contributed by atoms with van der Waals surface area (Å²) in [4.78, 5) is 3.53. The van der Waals surface area contributed by atoms with Gasteiger partial charge in [-0.3, -0.25) is 0 Å². The van der Waals surface area contributed by atoms with Gasteiger partial charge in [-0.05, 0) is 116 Å². The molecule has 0 fully saturated rings. The van der Waals surface area contributed by atoms with E-state index in [9.17, 15) is 0 Å². The van der Waals surface area contributed by atoms with E-state index in [0.717, 1.165) is 8.95 Å². The molecule has 0 bridgehead atoms. The van der Waals surface area contributed by atoms with Crippen molar-refractivity contribution in [2.24, 2.45) is 0 Å². The number of rotatable bonds is 1. The van der Waals surface area contributed by atoms with Gasteiger partial charge in [0.15, 0.2) is 0 Å². The summed E-state index contributed by atoms with van der Waals surface area (Å²) in [6.45, 7) is 0. The summed E-state index contributed by atoms with van der Waals surface area (Å²) in [5.41, 5.74) is 6.09. The minimum absolute atomic E-state index is 1.10. The van der Waals surface area contributed by atoms with E-state index in [-0.39, 0.29) is 0 Å². The second-order valence-electron chi connectivity index (χ2n) is 14.2. The third kappa shape index (κ3) is 6.78. The summed E-state index contributed by atoms with van der Waals surface area (Å²) in [6, 6.07) is 69.0. The number of halogens is 3. The first-order valence-electron chi connectivity index (χ1n) is 18.8. The summed E-state index contributed by atoms with van der Waals surface area (Å²) < 4.78 is 5.92. The number of hydrogen-bond acceptors (Lipinski definition) is 0. The Morgan fingerprint density at radius 1 is 0.386 bits per heavy atom. The van der Waals surface area contributed by atoms with Gasteiger partial charge in [-0.15, -0.1) is 0 Å². The lowest BCUT2D eigenvalue weighted by atomic mass is 10.1. The minimum Gasteiger partial charge on any atom is -0.354 e. The van der Waals surface area contributed by atoms with Crippen LogP contribution in [0.15, 0.2) is 203 Å². The van der Waals surface area contributed by atoms with E-state index in [4.69, 9.17) is 0 Å². The van der Waals surface area contributed by atoms with Crippen LogP contribution in [0.3, 0.4) is 0 Å². The van der Waals surface area contributed by atoms with Gasteiger partial charge in [0, 0.05) is 56.0 Å². The number of nitrogens with zero attached hydrogens (tertiary/aromatic N) is 1. The molecule has 0 aliphatic heterocycles. The lowest BCUT2D eigenvalue weighted by Gasteiger charge is -2.11. The summed E-state index contributed by atoms with van der Waals surface area (Å²) >= 11 is 9.52. The Labute approximate surface area is 360 Å². The lowest BCUT2D eigenvalue weighted by Crippen LogP contribution is -1.94. The number of aromatic amines is 1. The fourth-order valence-electron chi connectivity index (χ4n) is 8.11. The van der Waals surface area contributed by atoms with E-state index in [1.165, 1.54) is 96.0 Å². The first-order valence-corrected chi connectivity index (χ1v) is 21.5. The van der Waals surface area contributed by atoms with Gasteiger partial charge in [0.2, 0.25) is 0 Å². The molecule has 0 saturated heterocycles. The van der Waals surface area contributed by atoms with Crippen molar-refractivity contribution in [3.05, 3.63) is 207 Å². The van der Waals surface area contributed by atoms with Gasteiger partial charge in [-0.1, -0.05) is 165 Å². The van der Waals surface area contributed by atoms with Crippen molar-refractivity contribution in [2.75, 3.05) is 0 Å². The van der Waals surface area contributed by atoms with E-state index < -0.39 is 0 Å². The molecule has 5 heteroatoms. The van der Waals surface area contributed by atoms with E-state index >= 15 is 0 Å². The van der Waals surface area contributed by atoms with Crippen LogP contribution in [0.1, 0.15) is 0 Å². The molecular formula is C52H33Br2IN2. The number of hydrogen-bond donors (Lipinski definition) is 1. The van der Waals surface area contributed by atoms with Gasteiger partial charge < -0.3 is 9.55 Å². The monoisotopic (exact) mass is 970 g/mol. The van der Waals surface area contributed by atoms with Crippen LogP contribution in [0.4, 0.5) is 0 Å². The second kappa shape index (κ2) is 15.1. The van der Waals surface area contributed by atoms with Crippen LogP contribution in [0.2, 0.25) is 0 Å². The molecule has 0 saturated carbocycles. The van der Waals surface area contributed by atoms with Crippen LogP contribution < -0.4 is 0 Å². The predicted octanol–water partition coefficient (Wildman–Crippen LogP) is 16.5. The van der Waals surface area contributed by atoms with Crippen LogP contribution >= 0.6 is 54.5 Å². The topological polar surface area (TPSA) is 20.7 Å². The SMILES string of the molecule is Brc1ccc2[nH]c3c4ccccc4ccc3c2c1.Brc1ccc2c(c1)c1ccc3ccccc3c1n2-c1ccc2ccccc2c1.Ic1ccc2ccccc2c1. The van der Waals surface area contributed by atoms with Crippen LogP contribution in [0, 0.1) is 3.57 Å². The van der Waals surface area contributed by atoms with Crippen LogP contribution in [0.5, 0.6) is 0 Å². The van der Waals surface area contributed by atoms with Gasteiger partial charge in [0.05, 0.1) is 16.6 Å². The maximum atomic E-state index is 3.66. The highest BCUT2D eigenvalue weighted by molar-refractivity contribution is 14.1. The summed E-state index contributed by atoms with van der Waals surface area (Å²) in [6.07, 6.45) is 0. The molecule has 0 amide bonds. The fourth-order valence-corrected chi connectivity index (χ4v) is 9.35. The van der Waals surface area contributed by atoms with Crippen molar-refractivity contribution in [1.29, 1.82) is 0 Å². The highest BCUT2D eigenvalue weighted by Gasteiger charge is 2.15. The maximum absolute atomic E-state index is 3.66. The molecular weight excluding hydrogens is 939 g/mol. The quantitative estimate of drug-likeness (QED) is 0.158. The van der Waals surface area contributed by atoms with Crippen molar-refractivity contribution in [2.45, 2.75) is 0 Å². The molecule has 1 N–H and O–H groups in total. The number of fused-ring (bicyclic) bond motifs is 12. The molecule has 0 aliphatic rings. The third-order valence-corrected chi connectivity index (χ3v) is 12.4. The van der Waals surface area contributed by atoms with E-state index in [2.05, 4.69) is 258 Å². The lowest BCUT2D eigenvalue weighted by molar-refractivity contribution is 1.19. The van der Waals surface area contributed by atoms with Gasteiger partial charge in [0.25, 0.3) is 0 Å². The molecule has 0 atom stereocenters. The normalized spacial score (nSPS) is 11.4. The largest absolute Gasteiger partial charge is 0.354 e. The third-order valence-electron chi connectivity index (χ3n) is 10.8. The fraction of sp³-hybridized carbons (Fsp3) is 0. The number of benzene rings is 10. The summed E-state index contributed by atoms with van der Waals surface area (Å²) in [7, 11) is 0. The Morgan fingerprint density at radius 3 is 1.67 bits per heavy atom. The van der Waals surface area contributed by atoms with Crippen molar-refractivity contribution in [3.8, 4) is 5.69 Å². The molecule has 57 heavy (non-hydrogen) atoms. The Hall–Kier alpha value is -5.47. The molecule has 2 aromatic heterocycles. The van der Waals surface area contributed by atoms with Gasteiger partial charge >= 0.3 is 0 Å². The zero-order chi connectivity index (χ0) is 38.5. The molecule has 0 radical (unpaired) electrons. The maximum Gasteiger partial charge on any atom is 0.0619 e. The highest BCUT2D eigenvalue weighted by Crippen LogP contribution is 2.38. The van der Waals surface area contributed by atoms with Gasteiger partial charge in [-0.2, -0.15) is 0 Å². The molecule has 2 heterocycles. The number of H-pyrrole nitrogens is 1. The van der Waals surface area contributed by atoms with Crippen LogP contribution in [0.25, 0.3) is 92.4 Å². The van der Waals surface area contributed by atoms with Crippen LogP contribution in [-0.2, 0) is 0 Å². The molecule has 10 aromatic carbocycles. The Bertz CT molecular complexity index is 3470. The molecule has 2 nitrogen and oxygen atoms in total. The second-order valence-corrected chi connectivity index (χ2v) is 17.3. The van der Waals surface area contributed by atoms with Crippen molar-refractivity contribution < 1.29 is 0 Å². The standard InChI is InChI=1S/C26H16BrN.C16H10BrN.C10H7I/c27-20-11-14-25-24(16-20)23-13-10-18-6-3-4-8-22(18)26(23)28(25)21-12-9-17-5-1-2-7-19(17)15-21;17-11-6-8-15-14(9-11)13-7-5-10-3-1-2-4-12(10)16(13)18-15;11-10-6-5-8-3-1-2-4-9(8)7-10/h1-16H;1-9,18H;1-7H. The summed E-state index contributed by atoms with van der Waals surface area (Å²) in [5.74, 6) is 0. The number of nitrogens with one attached hydrogen (secondary N) is 1. The molecule has 272 valence electrons. The first-order chi connectivity index (χ1) is 28.0. The predicted molar refractivity (Wildman–Crippen MR) is 261 cm³/mol. The van der Waals surface area contributed by atoms with Crippen molar-refractivity contribution in [3.63, 3.8) is 0 Å². The average Bonchev–Trinajstić information content (AvgIpc) is 3.79. The van der Waals surface area contributed by atoms with Gasteiger partial charge in [-0.25, -0.2) is 0 Å². The first kappa shape index (κ1) is 35.9. The molecule has 0 spiro atoms.